The van der Waals surface area contributed by atoms with Gasteiger partial charge in [-0.2, -0.15) is 0 Å². The Hall–Kier alpha value is 0.270. The van der Waals surface area contributed by atoms with Crippen molar-refractivity contribution in [2.75, 3.05) is 33.2 Å². The number of ether oxygens (including phenoxy) is 1. The molecule has 0 aromatic carbocycles. The van der Waals surface area contributed by atoms with Crippen molar-refractivity contribution in [3.05, 3.63) is 0 Å². The molecule has 0 saturated carbocycles. The van der Waals surface area contributed by atoms with Gasteiger partial charge in [0.1, 0.15) is 0 Å². The lowest BCUT2D eigenvalue weighted by Gasteiger charge is -2.44. The highest BCUT2D eigenvalue weighted by Gasteiger charge is 2.33. The summed E-state index contributed by atoms with van der Waals surface area (Å²) >= 11 is 0. The molecular formula is C19H40N3OP. The van der Waals surface area contributed by atoms with Gasteiger partial charge < -0.3 is 15.0 Å². The van der Waals surface area contributed by atoms with Crippen LogP contribution in [0.25, 0.3) is 0 Å². The van der Waals surface area contributed by atoms with Gasteiger partial charge in [0, 0.05) is 43.8 Å². The molecule has 2 fully saturated rings. The first-order chi connectivity index (χ1) is 11.3. The van der Waals surface area contributed by atoms with Crippen LogP contribution < -0.4 is 5.32 Å². The highest BCUT2D eigenvalue weighted by molar-refractivity contribution is 7.17. The molecule has 0 aromatic heterocycles. The Labute approximate surface area is 152 Å². The Bertz CT molecular complexity index is 362. The van der Waals surface area contributed by atoms with Crippen LogP contribution in [-0.4, -0.2) is 72.6 Å². The first-order valence-corrected chi connectivity index (χ1v) is 10.6. The van der Waals surface area contributed by atoms with E-state index >= 15 is 0 Å². The molecule has 142 valence electrons. The van der Waals surface area contributed by atoms with Crippen LogP contribution in [0.1, 0.15) is 59.8 Å². The number of rotatable bonds is 7. The van der Waals surface area contributed by atoms with Crippen LogP contribution in [0.3, 0.4) is 0 Å². The average molecular weight is 358 g/mol. The number of nitrogens with zero attached hydrogens (tertiary/aromatic N) is 2. The maximum Gasteiger partial charge on any atom is 0.0729 e. The number of likely N-dealkylation sites (tertiary alicyclic amines) is 2. The molecule has 1 N–H and O–H groups in total. The minimum atomic E-state index is 0.212. The van der Waals surface area contributed by atoms with Gasteiger partial charge in [0.25, 0.3) is 0 Å². The first-order valence-electron chi connectivity index (χ1n) is 9.89. The number of hydrogen-bond donors (Lipinski definition) is 1. The molecule has 2 rings (SSSR count). The van der Waals surface area contributed by atoms with Crippen molar-refractivity contribution in [1.82, 2.24) is 15.1 Å². The number of hydrogen-bond acceptors (Lipinski definition) is 4. The van der Waals surface area contributed by atoms with Crippen LogP contribution in [0, 0.1) is 0 Å². The molecule has 2 aliphatic rings. The summed E-state index contributed by atoms with van der Waals surface area (Å²) in [6.45, 7) is 14.1. The van der Waals surface area contributed by atoms with E-state index in [0.717, 1.165) is 6.42 Å². The lowest BCUT2D eigenvalue weighted by atomic mass is 9.93. The topological polar surface area (TPSA) is 27.7 Å². The third-order valence-electron chi connectivity index (χ3n) is 6.03. The summed E-state index contributed by atoms with van der Waals surface area (Å²) in [6, 6.07) is 1.36. The smallest absolute Gasteiger partial charge is 0.0729 e. The molecule has 24 heavy (non-hydrogen) atoms. The minimum absolute atomic E-state index is 0.212. The molecule has 0 bridgehead atoms. The van der Waals surface area contributed by atoms with E-state index in [1.165, 1.54) is 51.9 Å². The van der Waals surface area contributed by atoms with Crippen LogP contribution in [0.15, 0.2) is 0 Å². The highest BCUT2D eigenvalue weighted by Crippen LogP contribution is 2.29. The largest absolute Gasteiger partial charge is 0.371 e. The van der Waals surface area contributed by atoms with Gasteiger partial charge in [-0.1, -0.05) is 0 Å². The second-order valence-electron chi connectivity index (χ2n) is 8.57. The molecule has 2 atom stereocenters. The summed E-state index contributed by atoms with van der Waals surface area (Å²) in [5, 5.41) is 3.42. The molecule has 2 heterocycles. The van der Waals surface area contributed by atoms with Crippen LogP contribution >= 0.6 is 9.24 Å². The zero-order chi connectivity index (χ0) is 17.7. The Morgan fingerprint density at radius 2 is 1.67 bits per heavy atom. The number of nitrogens with one attached hydrogen (secondary N) is 1. The fraction of sp³-hybridized carbons (Fsp3) is 1.00. The van der Waals surface area contributed by atoms with Crippen molar-refractivity contribution >= 4 is 9.24 Å². The fourth-order valence-electron chi connectivity index (χ4n) is 4.22. The molecule has 2 unspecified atom stereocenters. The van der Waals surface area contributed by atoms with Gasteiger partial charge in [-0.15, -0.1) is 9.24 Å². The van der Waals surface area contributed by atoms with Gasteiger partial charge in [0.15, 0.2) is 0 Å². The predicted octanol–water partition coefficient (Wildman–Crippen LogP) is 2.93. The standard InChI is InChI=1S/C19H40N3OP/c1-15(2)21-10-8-17(9-11-21)23-18(24)14-19(3,4)22-12-6-16(20-5)7-13-22/h15-18,20H,6-14,24H2,1-5H3. The van der Waals surface area contributed by atoms with Crippen LogP contribution in [0.2, 0.25) is 0 Å². The Kier molecular flexibility index (Phi) is 7.96. The summed E-state index contributed by atoms with van der Waals surface area (Å²) in [4.78, 5) is 5.22. The summed E-state index contributed by atoms with van der Waals surface area (Å²) in [7, 11) is 5.04. The minimum Gasteiger partial charge on any atom is -0.371 e. The first kappa shape index (κ1) is 20.6. The van der Waals surface area contributed by atoms with Crippen molar-refractivity contribution in [3.63, 3.8) is 0 Å². The quantitative estimate of drug-likeness (QED) is 0.709. The third-order valence-corrected chi connectivity index (χ3v) is 6.43. The SMILES string of the molecule is CNC1CCN(C(C)(C)CC(P)OC2CCN(C(C)C)CC2)CC1. The maximum atomic E-state index is 6.39. The Balaban J connectivity index is 1.74. The fourth-order valence-corrected chi connectivity index (χ4v) is 5.02. The molecular weight excluding hydrogens is 317 g/mol. The highest BCUT2D eigenvalue weighted by atomic mass is 31.0. The van der Waals surface area contributed by atoms with Gasteiger partial charge in [-0.3, -0.25) is 4.90 Å². The summed E-state index contributed by atoms with van der Waals surface area (Å²) in [5.41, 5.74) is 0.212. The van der Waals surface area contributed by atoms with Crippen molar-refractivity contribution in [1.29, 1.82) is 0 Å². The zero-order valence-electron chi connectivity index (χ0n) is 16.6. The second-order valence-corrected chi connectivity index (χ2v) is 9.31. The van der Waals surface area contributed by atoms with Gasteiger partial charge in [0.05, 0.1) is 11.9 Å². The van der Waals surface area contributed by atoms with Crippen LogP contribution in [0.4, 0.5) is 0 Å². The molecule has 2 aliphatic heterocycles. The lowest BCUT2D eigenvalue weighted by molar-refractivity contribution is -0.0349. The van der Waals surface area contributed by atoms with Crippen molar-refractivity contribution in [3.8, 4) is 0 Å². The lowest BCUT2D eigenvalue weighted by Crippen LogP contribution is -2.52. The monoisotopic (exact) mass is 357 g/mol. The van der Waals surface area contributed by atoms with E-state index in [0.29, 0.717) is 18.2 Å². The van der Waals surface area contributed by atoms with Gasteiger partial charge in [0.2, 0.25) is 0 Å². The van der Waals surface area contributed by atoms with Crippen molar-refractivity contribution < 1.29 is 4.74 Å². The van der Waals surface area contributed by atoms with E-state index in [4.69, 9.17) is 4.74 Å². The van der Waals surface area contributed by atoms with Gasteiger partial charge in [-0.25, -0.2) is 0 Å². The van der Waals surface area contributed by atoms with Crippen molar-refractivity contribution in [2.24, 2.45) is 0 Å². The Morgan fingerprint density at radius 3 is 2.17 bits per heavy atom. The van der Waals surface area contributed by atoms with E-state index in [9.17, 15) is 0 Å². The predicted molar refractivity (Wildman–Crippen MR) is 107 cm³/mol. The normalized spacial score (nSPS) is 24.6. The summed E-state index contributed by atoms with van der Waals surface area (Å²) in [6.07, 6.45) is 6.40. The van der Waals surface area contributed by atoms with Gasteiger partial charge >= 0.3 is 0 Å². The summed E-state index contributed by atoms with van der Waals surface area (Å²) in [5.74, 6) is 0.262. The van der Waals surface area contributed by atoms with E-state index < -0.39 is 0 Å². The van der Waals surface area contributed by atoms with E-state index in [1.54, 1.807) is 0 Å². The molecule has 5 heteroatoms. The molecule has 0 spiro atoms. The molecule has 0 radical (unpaired) electrons. The van der Waals surface area contributed by atoms with Crippen molar-refractivity contribution in [2.45, 2.75) is 89.4 Å². The maximum absolute atomic E-state index is 6.39. The molecule has 0 aromatic rings. The third kappa shape index (κ3) is 5.92. The van der Waals surface area contributed by atoms with E-state index in [-0.39, 0.29) is 11.4 Å². The number of piperidine rings is 2. The van der Waals surface area contributed by atoms with E-state index in [1.807, 2.05) is 0 Å². The Morgan fingerprint density at radius 1 is 1.08 bits per heavy atom. The molecule has 2 saturated heterocycles. The zero-order valence-corrected chi connectivity index (χ0v) is 17.7. The molecule has 4 nitrogen and oxygen atoms in total. The van der Waals surface area contributed by atoms with Crippen LogP contribution in [0.5, 0.6) is 0 Å². The van der Waals surface area contributed by atoms with Crippen LogP contribution in [-0.2, 0) is 4.74 Å². The summed E-state index contributed by atoms with van der Waals surface area (Å²) < 4.78 is 6.39. The molecule has 0 aliphatic carbocycles. The van der Waals surface area contributed by atoms with E-state index in [2.05, 4.69) is 59.1 Å². The molecule has 0 amide bonds. The second kappa shape index (κ2) is 9.28. The average Bonchev–Trinajstić information content (AvgIpc) is 2.54. The van der Waals surface area contributed by atoms with Gasteiger partial charge in [-0.05, 0) is 66.8 Å².